The third kappa shape index (κ3) is 3.28. The van der Waals surface area contributed by atoms with Crippen LogP contribution in [0.3, 0.4) is 0 Å². The molecule has 0 aliphatic carbocycles. The van der Waals surface area contributed by atoms with Crippen molar-refractivity contribution in [3.8, 4) is 0 Å². The van der Waals surface area contributed by atoms with Crippen LogP contribution in [0.4, 0.5) is 0 Å². The smallest absolute Gasteiger partial charge is 0.251 e. The maximum atomic E-state index is 12.4. The van der Waals surface area contributed by atoms with Gasteiger partial charge in [-0.1, -0.05) is 12.1 Å². The molecule has 0 saturated heterocycles. The van der Waals surface area contributed by atoms with Crippen LogP contribution in [0.2, 0.25) is 0 Å². The zero-order valence-corrected chi connectivity index (χ0v) is 15.4. The van der Waals surface area contributed by atoms with Gasteiger partial charge in [-0.3, -0.25) is 4.79 Å². The van der Waals surface area contributed by atoms with Crippen molar-refractivity contribution < 1.29 is 4.79 Å². The van der Waals surface area contributed by atoms with Gasteiger partial charge in [-0.25, -0.2) is 15.0 Å². The number of para-hydroxylation sites is 1. The summed E-state index contributed by atoms with van der Waals surface area (Å²) in [4.78, 5) is 26.0. The molecule has 0 unspecified atom stereocenters. The first-order valence-corrected chi connectivity index (χ1v) is 9.29. The van der Waals surface area contributed by atoms with Crippen molar-refractivity contribution in [1.82, 2.24) is 20.3 Å². The Labute approximate surface area is 155 Å². The van der Waals surface area contributed by atoms with E-state index < -0.39 is 0 Å². The summed E-state index contributed by atoms with van der Waals surface area (Å²) >= 11 is 1.67. The molecule has 0 radical (unpaired) electrons. The number of aromatic nitrogens is 3. The molecule has 0 aliphatic rings. The summed E-state index contributed by atoms with van der Waals surface area (Å²) in [6.07, 6.45) is 0.719. The van der Waals surface area contributed by atoms with E-state index in [0.29, 0.717) is 12.1 Å². The third-order valence-corrected chi connectivity index (χ3v) is 5.40. The van der Waals surface area contributed by atoms with E-state index in [-0.39, 0.29) is 5.91 Å². The van der Waals surface area contributed by atoms with Gasteiger partial charge in [-0.15, -0.1) is 11.3 Å². The minimum Gasteiger partial charge on any atom is -0.352 e. The number of thiazole rings is 1. The Balaban J connectivity index is 1.44. The minimum atomic E-state index is -0.104. The summed E-state index contributed by atoms with van der Waals surface area (Å²) in [6.45, 7) is 4.41. The van der Waals surface area contributed by atoms with Crippen LogP contribution in [0.5, 0.6) is 0 Å². The van der Waals surface area contributed by atoms with Crippen LogP contribution >= 0.6 is 11.3 Å². The molecule has 0 bridgehead atoms. The fraction of sp³-hybridized carbons (Fsp3) is 0.200. The van der Waals surface area contributed by atoms with Crippen LogP contribution in [0.1, 0.15) is 26.8 Å². The Morgan fingerprint density at radius 2 is 1.73 bits per heavy atom. The van der Waals surface area contributed by atoms with E-state index in [0.717, 1.165) is 39.4 Å². The van der Waals surface area contributed by atoms with Crippen LogP contribution in [-0.4, -0.2) is 27.4 Å². The second kappa shape index (κ2) is 6.80. The predicted octanol–water partition coefficient (Wildman–Crippen LogP) is 3.83. The summed E-state index contributed by atoms with van der Waals surface area (Å²) in [6, 6.07) is 13.5. The number of hydrogen-bond acceptors (Lipinski definition) is 5. The lowest BCUT2D eigenvalue weighted by atomic mass is 10.1. The van der Waals surface area contributed by atoms with E-state index in [4.69, 9.17) is 0 Å². The van der Waals surface area contributed by atoms with Gasteiger partial charge in [-0.05, 0) is 44.2 Å². The molecule has 4 aromatic rings. The van der Waals surface area contributed by atoms with Gasteiger partial charge in [0, 0.05) is 18.5 Å². The quantitative estimate of drug-likeness (QED) is 0.599. The molecule has 130 valence electrons. The van der Waals surface area contributed by atoms with Crippen molar-refractivity contribution in [1.29, 1.82) is 0 Å². The Morgan fingerprint density at radius 3 is 2.54 bits per heavy atom. The normalized spacial score (nSPS) is 11.2. The first-order chi connectivity index (χ1) is 12.6. The number of carbonyl (C=O) groups is 1. The molecule has 1 amide bonds. The number of benzene rings is 2. The van der Waals surface area contributed by atoms with E-state index in [9.17, 15) is 4.79 Å². The summed E-state index contributed by atoms with van der Waals surface area (Å²) in [5, 5.41) is 3.99. The van der Waals surface area contributed by atoms with Gasteiger partial charge < -0.3 is 5.32 Å². The van der Waals surface area contributed by atoms with Crippen LogP contribution in [0, 0.1) is 13.8 Å². The van der Waals surface area contributed by atoms with Crippen molar-refractivity contribution in [2.24, 2.45) is 0 Å². The molecular formula is C20H18N4OS. The number of fused-ring (bicyclic) bond motifs is 2. The molecule has 5 nitrogen and oxygen atoms in total. The van der Waals surface area contributed by atoms with Gasteiger partial charge >= 0.3 is 0 Å². The number of aryl methyl sites for hydroxylation is 2. The highest BCUT2D eigenvalue weighted by Crippen LogP contribution is 2.21. The predicted molar refractivity (Wildman–Crippen MR) is 105 cm³/mol. The van der Waals surface area contributed by atoms with Gasteiger partial charge in [0.15, 0.2) is 0 Å². The van der Waals surface area contributed by atoms with Crippen molar-refractivity contribution in [3.63, 3.8) is 0 Å². The second-order valence-electron chi connectivity index (χ2n) is 6.18. The molecule has 0 saturated carbocycles. The summed E-state index contributed by atoms with van der Waals surface area (Å²) < 4.78 is 1.17. The van der Waals surface area contributed by atoms with E-state index in [1.54, 1.807) is 23.5 Å². The van der Waals surface area contributed by atoms with Gasteiger partial charge in [0.05, 0.1) is 37.6 Å². The number of amides is 1. The third-order valence-electron chi connectivity index (χ3n) is 4.30. The van der Waals surface area contributed by atoms with Crippen molar-refractivity contribution in [3.05, 3.63) is 64.4 Å². The van der Waals surface area contributed by atoms with Crippen LogP contribution in [0.15, 0.2) is 42.5 Å². The van der Waals surface area contributed by atoms with Crippen LogP contribution < -0.4 is 5.32 Å². The van der Waals surface area contributed by atoms with Crippen LogP contribution in [0.25, 0.3) is 21.3 Å². The van der Waals surface area contributed by atoms with Gasteiger partial charge in [0.2, 0.25) is 0 Å². The minimum absolute atomic E-state index is 0.104. The average Bonchev–Trinajstić information content (AvgIpc) is 3.05. The van der Waals surface area contributed by atoms with E-state index in [1.165, 1.54) is 4.70 Å². The highest BCUT2D eigenvalue weighted by molar-refractivity contribution is 7.18. The number of rotatable bonds is 4. The number of nitrogens with zero attached hydrogens (tertiary/aromatic N) is 3. The molecule has 0 fully saturated rings. The highest BCUT2D eigenvalue weighted by Gasteiger charge is 2.09. The van der Waals surface area contributed by atoms with E-state index in [1.807, 2.05) is 38.1 Å². The molecular weight excluding hydrogens is 344 g/mol. The Kier molecular flexibility index (Phi) is 4.34. The zero-order chi connectivity index (χ0) is 18.1. The Bertz CT molecular complexity index is 1090. The van der Waals surface area contributed by atoms with Gasteiger partial charge in [-0.2, -0.15) is 0 Å². The first kappa shape index (κ1) is 16.6. The fourth-order valence-electron chi connectivity index (χ4n) is 2.78. The zero-order valence-electron chi connectivity index (χ0n) is 14.6. The highest BCUT2D eigenvalue weighted by atomic mass is 32.1. The maximum absolute atomic E-state index is 12.4. The number of carbonyl (C=O) groups excluding carboxylic acids is 1. The molecule has 0 aliphatic heterocycles. The van der Waals surface area contributed by atoms with Crippen molar-refractivity contribution in [2.75, 3.05) is 6.54 Å². The Morgan fingerprint density at radius 1 is 0.962 bits per heavy atom. The molecule has 2 aromatic carbocycles. The maximum Gasteiger partial charge on any atom is 0.251 e. The summed E-state index contributed by atoms with van der Waals surface area (Å²) in [5.74, 6) is -0.104. The number of nitrogens with one attached hydrogen (secondary N) is 1. The topological polar surface area (TPSA) is 67.8 Å². The summed E-state index contributed by atoms with van der Waals surface area (Å²) in [7, 11) is 0. The lowest BCUT2D eigenvalue weighted by Crippen LogP contribution is -2.25. The molecule has 1 N–H and O–H groups in total. The molecule has 2 heterocycles. The van der Waals surface area contributed by atoms with Crippen molar-refractivity contribution in [2.45, 2.75) is 20.3 Å². The largest absolute Gasteiger partial charge is 0.352 e. The SMILES string of the molecule is Cc1nc2ccc(C(=O)NCCc3nc4ccccc4s3)cc2nc1C. The second-order valence-corrected chi connectivity index (χ2v) is 7.29. The molecule has 2 aromatic heterocycles. The molecule has 0 spiro atoms. The molecule has 26 heavy (non-hydrogen) atoms. The molecule has 0 atom stereocenters. The number of hydrogen-bond donors (Lipinski definition) is 1. The lowest BCUT2D eigenvalue weighted by Gasteiger charge is -2.06. The van der Waals surface area contributed by atoms with E-state index >= 15 is 0 Å². The average molecular weight is 362 g/mol. The Hall–Kier alpha value is -2.86. The monoisotopic (exact) mass is 362 g/mol. The summed E-state index contributed by atoms with van der Waals surface area (Å²) in [5.41, 5.74) is 4.94. The van der Waals surface area contributed by atoms with Gasteiger partial charge in [0.25, 0.3) is 5.91 Å². The first-order valence-electron chi connectivity index (χ1n) is 8.48. The fourth-order valence-corrected chi connectivity index (χ4v) is 3.75. The van der Waals surface area contributed by atoms with Crippen LogP contribution in [-0.2, 0) is 6.42 Å². The lowest BCUT2D eigenvalue weighted by molar-refractivity contribution is 0.0954. The molecule has 6 heteroatoms. The van der Waals surface area contributed by atoms with Crippen molar-refractivity contribution >= 4 is 38.5 Å². The van der Waals surface area contributed by atoms with E-state index in [2.05, 4.69) is 26.3 Å². The standard InChI is InChI=1S/C20H18N4OS/c1-12-13(2)23-17-11-14(7-8-15(17)22-12)20(25)21-10-9-19-24-16-5-3-4-6-18(16)26-19/h3-8,11H,9-10H2,1-2H3,(H,21,25). The molecule has 4 rings (SSSR count). The van der Waals surface area contributed by atoms with Gasteiger partial charge in [0.1, 0.15) is 0 Å².